The summed E-state index contributed by atoms with van der Waals surface area (Å²) in [7, 11) is -2.80. The van der Waals surface area contributed by atoms with Crippen LogP contribution in [0.1, 0.15) is 0 Å². The van der Waals surface area contributed by atoms with Crippen molar-refractivity contribution in [3.8, 4) is 22.6 Å². The summed E-state index contributed by atoms with van der Waals surface area (Å²) in [6, 6.07) is 41.7. The zero-order valence-corrected chi connectivity index (χ0v) is 20.7. The topological polar surface area (TPSA) is 0 Å². The highest BCUT2D eigenvalue weighted by Gasteiger charge is 2.12. The zero-order valence-electron chi connectivity index (χ0n) is 17.3. The van der Waals surface area contributed by atoms with Crippen LogP contribution < -0.4 is 21.2 Å². The van der Waals surface area contributed by atoms with Crippen molar-refractivity contribution in [3.05, 3.63) is 121 Å². The van der Waals surface area contributed by atoms with Crippen molar-refractivity contribution >= 4 is 55.6 Å². The Bertz CT molecular complexity index is 1060. The van der Waals surface area contributed by atoms with Gasteiger partial charge in [-0.25, -0.2) is 0 Å². The van der Waals surface area contributed by atoms with Gasteiger partial charge in [0.1, 0.15) is 7.27 Å². The molecule has 0 aliphatic carbocycles. The van der Waals surface area contributed by atoms with Gasteiger partial charge in [0.25, 0.3) is 0 Å². The maximum atomic E-state index is 6.66. The van der Waals surface area contributed by atoms with Gasteiger partial charge in [-0.1, -0.05) is 144 Å². The van der Waals surface area contributed by atoms with Crippen LogP contribution in [0.2, 0.25) is 0 Å². The summed E-state index contributed by atoms with van der Waals surface area (Å²) in [5.41, 5.74) is 13.5. The van der Waals surface area contributed by atoms with E-state index in [-0.39, 0.29) is 0 Å². The molecule has 0 saturated carbocycles. The van der Waals surface area contributed by atoms with Crippen LogP contribution in [0.4, 0.5) is 0 Å². The first-order valence-electron chi connectivity index (χ1n) is 10.1. The van der Waals surface area contributed by atoms with Crippen LogP contribution >= 0.6 is 34.4 Å². The third kappa shape index (κ3) is 6.31. The Morgan fingerprint density at radius 1 is 0.375 bits per heavy atom. The van der Waals surface area contributed by atoms with Gasteiger partial charge in [0.15, 0.2) is 0 Å². The molecule has 0 heterocycles. The highest BCUT2D eigenvalue weighted by atomic mass is 35.7. The molecule has 4 heteroatoms. The molecule has 32 heavy (non-hydrogen) atoms. The lowest BCUT2D eigenvalue weighted by Gasteiger charge is -2.12. The molecule has 0 aliphatic heterocycles. The number of benzene rings is 4. The molecular formula is C28H20ClP3. The van der Waals surface area contributed by atoms with Gasteiger partial charge < -0.3 is 0 Å². The second kappa shape index (κ2) is 12.0. The quantitative estimate of drug-likeness (QED) is 0.223. The fourth-order valence-corrected chi connectivity index (χ4v) is 8.31. The highest BCUT2D eigenvalue weighted by Crippen LogP contribution is 2.43. The van der Waals surface area contributed by atoms with Crippen molar-refractivity contribution in [3.63, 3.8) is 0 Å². The largest absolute Gasteiger partial charge is 0.145 e. The van der Waals surface area contributed by atoms with E-state index in [2.05, 4.69) is 120 Å². The van der Waals surface area contributed by atoms with Crippen LogP contribution in [0.5, 0.6) is 0 Å². The Labute approximate surface area is 199 Å². The van der Waals surface area contributed by atoms with E-state index >= 15 is 0 Å². The smallest absolute Gasteiger partial charge is 0.0669 e. The molecule has 154 valence electrons. The van der Waals surface area contributed by atoms with Crippen molar-refractivity contribution < 1.29 is 0 Å². The van der Waals surface area contributed by atoms with Crippen LogP contribution in [0.25, 0.3) is 0 Å². The van der Waals surface area contributed by atoms with Gasteiger partial charge in [-0.15, -0.1) is 0 Å². The Morgan fingerprint density at radius 3 is 0.875 bits per heavy atom. The van der Waals surface area contributed by atoms with E-state index in [9.17, 15) is 0 Å². The first-order valence-corrected chi connectivity index (χ1v) is 15.0. The van der Waals surface area contributed by atoms with E-state index in [1.54, 1.807) is 0 Å². The van der Waals surface area contributed by atoms with E-state index < -0.39 is 23.1 Å². The number of rotatable bonds is 4. The molecule has 0 aromatic heterocycles. The van der Waals surface area contributed by atoms with Crippen molar-refractivity contribution in [1.82, 2.24) is 0 Å². The van der Waals surface area contributed by atoms with Crippen LogP contribution in [0.15, 0.2) is 121 Å². The molecule has 0 nitrogen and oxygen atoms in total. The van der Waals surface area contributed by atoms with Crippen molar-refractivity contribution in [2.24, 2.45) is 0 Å². The molecule has 0 saturated heterocycles. The molecule has 0 amide bonds. The lowest BCUT2D eigenvalue weighted by atomic mass is 10.4. The Balaban J connectivity index is 1.62. The number of halogens is 1. The standard InChI is InChI=1S/C28H20ClP3/c29-30(21-23-31(25-13-5-1-6-14-25)26-15-7-2-8-16-26)22-24-32(27-17-9-3-10-18-27)28-19-11-4-12-20-28/h1-20H. The molecule has 0 bridgehead atoms. The number of hydrogen-bond acceptors (Lipinski definition) is 0. The van der Waals surface area contributed by atoms with Crippen molar-refractivity contribution in [1.29, 1.82) is 0 Å². The molecule has 0 spiro atoms. The summed E-state index contributed by atoms with van der Waals surface area (Å²) >= 11 is 6.66. The summed E-state index contributed by atoms with van der Waals surface area (Å²) in [4.78, 5) is 0. The van der Waals surface area contributed by atoms with Gasteiger partial charge in [-0.3, -0.25) is 0 Å². The van der Waals surface area contributed by atoms with Gasteiger partial charge in [0, 0.05) is 15.8 Å². The molecule has 0 N–H and O–H groups in total. The summed E-state index contributed by atoms with van der Waals surface area (Å²) in [6.45, 7) is 0. The first-order chi connectivity index (χ1) is 15.8. The minimum Gasteiger partial charge on any atom is -0.0669 e. The Morgan fingerprint density at radius 2 is 0.625 bits per heavy atom. The maximum absolute atomic E-state index is 6.66. The first kappa shape index (κ1) is 22.8. The van der Waals surface area contributed by atoms with Crippen molar-refractivity contribution in [2.45, 2.75) is 0 Å². The second-order valence-electron chi connectivity index (χ2n) is 6.74. The fourth-order valence-electron chi connectivity index (χ4n) is 3.08. The lowest BCUT2D eigenvalue weighted by molar-refractivity contribution is 1.76. The predicted molar refractivity (Wildman–Crippen MR) is 146 cm³/mol. The van der Waals surface area contributed by atoms with E-state index in [4.69, 9.17) is 11.2 Å². The van der Waals surface area contributed by atoms with Crippen LogP contribution in [-0.2, 0) is 0 Å². The average molecular weight is 485 g/mol. The van der Waals surface area contributed by atoms with Crippen LogP contribution in [0.3, 0.4) is 0 Å². The predicted octanol–water partition coefficient (Wildman–Crippen LogP) is 6.72. The molecule has 0 radical (unpaired) electrons. The van der Waals surface area contributed by atoms with Crippen LogP contribution in [-0.4, -0.2) is 0 Å². The highest BCUT2D eigenvalue weighted by molar-refractivity contribution is 7.93. The Hall–Kier alpha value is -2.42. The summed E-state index contributed by atoms with van der Waals surface area (Å²) in [5, 5.41) is 4.91. The summed E-state index contributed by atoms with van der Waals surface area (Å²) in [5.74, 6) is 0. The monoisotopic (exact) mass is 484 g/mol. The number of hydrogen-bond donors (Lipinski definition) is 0. The van der Waals surface area contributed by atoms with Gasteiger partial charge in [0.05, 0.1) is 0 Å². The molecular weight excluding hydrogens is 465 g/mol. The van der Waals surface area contributed by atoms with E-state index in [1.165, 1.54) is 21.2 Å². The minimum atomic E-state index is -1.22. The molecule has 4 aromatic rings. The molecule has 0 unspecified atom stereocenters. The summed E-state index contributed by atoms with van der Waals surface area (Å²) in [6.07, 6.45) is 0. The fraction of sp³-hybridized carbons (Fsp3) is 0. The van der Waals surface area contributed by atoms with E-state index in [0.717, 1.165) is 0 Å². The lowest BCUT2D eigenvalue weighted by Crippen LogP contribution is -2.09. The average Bonchev–Trinajstić information content (AvgIpc) is 2.87. The molecule has 0 atom stereocenters. The van der Waals surface area contributed by atoms with Crippen molar-refractivity contribution in [2.75, 3.05) is 0 Å². The summed E-state index contributed by atoms with van der Waals surface area (Å²) < 4.78 is 0. The molecule has 0 fully saturated rings. The molecule has 0 aliphatic rings. The van der Waals surface area contributed by atoms with Gasteiger partial charge in [-0.05, 0) is 32.5 Å². The SMILES string of the molecule is ClP(C#CP(c1ccccc1)c1ccccc1)C#CP(c1ccccc1)c1ccccc1. The van der Waals surface area contributed by atoms with E-state index in [0.29, 0.717) is 0 Å². The minimum absolute atomic E-state index is 0.789. The zero-order chi connectivity index (χ0) is 22.0. The normalized spacial score (nSPS) is 10.4. The molecule has 4 aromatic carbocycles. The van der Waals surface area contributed by atoms with Gasteiger partial charge in [-0.2, -0.15) is 0 Å². The maximum Gasteiger partial charge on any atom is 0.145 e. The van der Waals surface area contributed by atoms with E-state index in [1.807, 2.05) is 24.3 Å². The van der Waals surface area contributed by atoms with Gasteiger partial charge in [0.2, 0.25) is 0 Å². The molecule has 4 rings (SSSR count). The third-order valence-corrected chi connectivity index (χ3v) is 9.98. The Kier molecular flexibility index (Phi) is 8.53. The second-order valence-corrected chi connectivity index (χ2v) is 12.6. The van der Waals surface area contributed by atoms with Crippen LogP contribution in [0, 0.1) is 22.6 Å². The third-order valence-electron chi connectivity index (χ3n) is 4.58. The van der Waals surface area contributed by atoms with Gasteiger partial charge >= 0.3 is 0 Å².